The smallest absolute Gasteiger partial charge is 0.265 e. The maximum absolute atomic E-state index is 12.5. The highest BCUT2D eigenvalue weighted by atomic mass is 35.5. The first-order valence-corrected chi connectivity index (χ1v) is 9.29. The van der Waals surface area contributed by atoms with Crippen LogP contribution in [0.1, 0.15) is 19.4 Å². The lowest BCUT2D eigenvalue weighted by molar-refractivity contribution is 0.242. The van der Waals surface area contributed by atoms with Crippen molar-refractivity contribution in [3.8, 4) is 17.6 Å². The lowest BCUT2D eigenvalue weighted by Crippen LogP contribution is -2.14. The number of nitrogens with one attached hydrogen (secondary N) is 1. The van der Waals surface area contributed by atoms with Crippen LogP contribution in [0.2, 0.25) is 10.0 Å². The third kappa shape index (κ3) is 4.48. The third-order valence-corrected chi connectivity index (χ3v) is 4.90. The SMILES string of the molecule is CC(C)Oc1ccc(NS(=O)(=O)c2cc(Cl)cc(Cl)c2O)cc1C#N. The van der Waals surface area contributed by atoms with Crippen LogP contribution in [0.3, 0.4) is 0 Å². The summed E-state index contributed by atoms with van der Waals surface area (Å²) in [6.45, 7) is 3.62. The molecule has 0 saturated carbocycles. The zero-order valence-corrected chi connectivity index (χ0v) is 15.6. The number of rotatable bonds is 5. The summed E-state index contributed by atoms with van der Waals surface area (Å²) in [6, 6.07) is 8.51. The molecule has 0 fully saturated rings. The third-order valence-electron chi connectivity index (χ3n) is 3.00. The number of aromatic hydroxyl groups is 1. The van der Waals surface area contributed by atoms with Crippen LogP contribution in [0.15, 0.2) is 35.2 Å². The van der Waals surface area contributed by atoms with E-state index in [0.29, 0.717) is 5.75 Å². The number of benzene rings is 2. The molecule has 0 aliphatic rings. The average Bonchev–Trinajstić information content (AvgIpc) is 2.51. The number of sulfonamides is 1. The molecule has 2 rings (SSSR count). The van der Waals surface area contributed by atoms with Gasteiger partial charge in [-0.1, -0.05) is 23.2 Å². The van der Waals surface area contributed by atoms with Crippen LogP contribution in [0.5, 0.6) is 11.5 Å². The van der Waals surface area contributed by atoms with E-state index in [1.54, 1.807) is 0 Å². The summed E-state index contributed by atoms with van der Waals surface area (Å²) in [5.74, 6) is -0.270. The van der Waals surface area contributed by atoms with Crippen LogP contribution < -0.4 is 9.46 Å². The van der Waals surface area contributed by atoms with E-state index in [0.717, 1.165) is 6.07 Å². The van der Waals surface area contributed by atoms with Gasteiger partial charge in [0.15, 0.2) is 5.75 Å². The second-order valence-corrected chi connectivity index (χ2v) is 7.82. The fraction of sp³-hybridized carbons (Fsp3) is 0.188. The van der Waals surface area contributed by atoms with Gasteiger partial charge in [0.25, 0.3) is 10.0 Å². The van der Waals surface area contributed by atoms with Crippen LogP contribution in [0, 0.1) is 11.3 Å². The van der Waals surface area contributed by atoms with Gasteiger partial charge in [-0.15, -0.1) is 0 Å². The predicted octanol–water partition coefficient (Wildman–Crippen LogP) is 4.16. The molecule has 0 aromatic heterocycles. The van der Waals surface area contributed by atoms with Gasteiger partial charge in [-0.3, -0.25) is 4.72 Å². The number of nitrogens with zero attached hydrogens (tertiary/aromatic N) is 1. The number of nitriles is 1. The molecule has 0 unspecified atom stereocenters. The van der Waals surface area contributed by atoms with E-state index in [2.05, 4.69) is 4.72 Å². The number of anilines is 1. The summed E-state index contributed by atoms with van der Waals surface area (Å²) in [7, 11) is -4.17. The molecule has 0 radical (unpaired) electrons. The van der Waals surface area contributed by atoms with Gasteiger partial charge in [0.1, 0.15) is 16.7 Å². The first-order valence-electron chi connectivity index (χ1n) is 7.05. The molecule has 2 aromatic carbocycles. The number of hydrogen-bond acceptors (Lipinski definition) is 5. The minimum atomic E-state index is -4.17. The molecule has 25 heavy (non-hydrogen) atoms. The molecular formula is C16H14Cl2N2O4S. The highest BCUT2D eigenvalue weighted by molar-refractivity contribution is 7.92. The first-order chi connectivity index (χ1) is 11.6. The first kappa shape index (κ1) is 19.2. The minimum absolute atomic E-state index is 0.0570. The number of hydrogen-bond donors (Lipinski definition) is 2. The van der Waals surface area contributed by atoms with E-state index in [4.69, 9.17) is 27.9 Å². The molecule has 132 valence electrons. The van der Waals surface area contributed by atoms with Gasteiger partial charge in [0.05, 0.1) is 22.4 Å². The number of phenolic OH excluding ortho intramolecular Hbond substituents is 1. The van der Waals surface area contributed by atoms with Crippen LogP contribution >= 0.6 is 23.2 Å². The summed E-state index contributed by atoms with van der Waals surface area (Å²) in [4.78, 5) is -0.467. The molecule has 2 N–H and O–H groups in total. The Hall–Kier alpha value is -2.14. The monoisotopic (exact) mass is 400 g/mol. The highest BCUT2D eigenvalue weighted by Crippen LogP contribution is 2.35. The Morgan fingerprint density at radius 2 is 1.92 bits per heavy atom. The summed E-state index contributed by atoms with van der Waals surface area (Å²) in [5, 5.41) is 19.0. The van der Waals surface area contributed by atoms with Crippen molar-refractivity contribution in [2.45, 2.75) is 24.8 Å². The van der Waals surface area contributed by atoms with Crippen LogP contribution in [0.4, 0.5) is 5.69 Å². The molecule has 6 nitrogen and oxygen atoms in total. The molecule has 0 aliphatic heterocycles. The Kier molecular flexibility index (Phi) is 5.68. The average molecular weight is 401 g/mol. The Morgan fingerprint density at radius 3 is 2.52 bits per heavy atom. The van der Waals surface area contributed by atoms with E-state index in [-0.39, 0.29) is 27.4 Å². The molecule has 9 heteroatoms. The minimum Gasteiger partial charge on any atom is -0.505 e. The van der Waals surface area contributed by atoms with Crippen LogP contribution in [-0.2, 0) is 10.0 Å². The van der Waals surface area contributed by atoms with Gasteiger partial charge in [0.2, 0.25) is 0 Å². The van der Waals surface area contributed by atoms with Crippen molar-refractivity contribution in [3.63, 3.8) is 0 Å². The Morgan fingerprint density at radius 1 is 1.24 bits per heavy atom. The predicted molar refractivity (Wildman–Crippen MR) is 95.9 cm³/mol. The Balaban J connectivity index is 2.41. The maximum atomic E-state index is 12.5. The number of phenols is 1. The number of ether oxygens (including phenoxy) is 1. The van der Waals surface area contributed by atoms with Crippen molar-refractivity contribution in [2.24, 2.45) is 0 Å². The van der Waals surface area contributed by atoms with Crippen molar-refractivity contribution < 1.29 is 18.3 Å². The highest BCUT2D eigenvalue weighted by Gasteiger charge is 2.22. The second-order valence-electron chi connectivity index (χ2n) is 5.33. The second kappa shape index (κ2) is 7.40. The lowest BCUT2D eigenvalue weighted by Gasteiger charge is -2.14. The molecule has 0 spiro atoms. The molecule has 2 aromatic rings. The van der Waals surface area contributed by atoms with Gasteiger partial charge in [0, 0.05) is 5.02 Å². The Labute approximate surface area is 155 Å². The fourth-order valence-corrected chi connectivity index (χ4v) is 3.80. The summed E-state index contributed by atoms with van der Waals surface area (Å²) < 4.78 is 32.7. The maximum Gasteiger partial charge on any atom is 0.265 e. The normalized spacial score (nSPS) is 11.2. The quantitative estimate of drug-likeness (QED) is 0.784. The zero-order valence-electron chi connectivity index (χ0n) is 13.2. The summed E-state index contributed by atoms with van der Waals surface area (Å²) in [5.41, 5.74) is 0.297. The van der Waals surface area contributed by atoms with E-state index < -0.39 is 20.7 Å². The van der Waals surface area contributed by atoms with E-state index in [9.17, 15) is 18.8 Å². The van der Waals surface area contributed by atoms with Gasteiger partial charge in [-0.05, 0) is 44.2 Å². The van der Waals surface area contributed by atoms with Gasteiger partial charge in [-0.25, -0.2) is 8.42 Å². The molecule has 0 heterocycles. The van der Waals surface area contributed by atoms with Gasteiger partial charge < -0.3 is 9.84 Å². The van der Waals surface area contributed by atoms with Crippen molar-refractivity contribution in [3.05, 3.63) is 45.9 Å². The Bertz CT molecular complexity index is 953. The molecule has 0 amide bonds. The largest absolute Gasteiger partial charge is 0.505 e. The zero-order chi connectivity index (χ0) is 18.8. The van der Waals surface area contributed by atoms with Crippen molar-refractivity contribution in [1.82, 2.24) is 0 Å². The number of halogens is 2. The van der Waals surface area contributed by atoms with Gasteiger partial charge >= 0.3 is 0 Å². The standard InChI is InChI=1S/C16H14Cl2N2O4S/c1-9(2)24-14-4-3-12(5-10(14)8-19)20-25(22,23)15-7-11(17)6-13(18)16(15)21/h3-7,9,20-21H,1-2H3. The molecule has 0 saturated heterocycles. The molecular weight excluding hydrogens is 387 g/mol. The van der Waals surface area contributed by atoms with Crippen LogP contribution in [0.25, 0.3) is 0 Å². The van der Waals surface area contributed by atoms with Crippen molar-refractivity contribution in [1.29, 1.82) is 5.26 Å². The molecule has 0 bridgehead atoms. The van der Waals surface area contributed by atoms with Gasteiger partial charge in [-0.2, -0.15) is 5.26 Å². The topological polar surface area (TPSA) is 99.4 Å². The van der Waals surface area contributed by atoms with E-state index in [1.807, 2.05) is 19.9 Å². The molecule has 0 atom stereocenters. The van der Waals surface area contributed by atoms with Crippen molar-refractivity contribution >= 4 is 38.9 Å². The van der Waals surface area contributed by atoms with E-state index in [1.165, 1.54) is 24.3 Å². The summed E-state index contributed by atoms with van der Waals surface area (Å²) >= 11 is 11.6. The van der Waals surface area contributed by atoms with E-state index >= 15 is 0 Å². The van der Waals surface area contributed by atoms with Crippen LogP contribution in [-0.4, -0.2) is 19.6 Å². The van der Waals surface area contributed by atoms with Crippen molar-refractivity contribution in [2.75, 3.05) is 4.72 Å². The lowest BCUT2D eigenvalue weighted by atomic mass is 10.2. The molecule has 0 aliphatic carbocycles. The summed E-state index contributed by atoms with van der Waals surface area (Å²) in [6.07, 6.45) is -0.139. The fourth-order valence-electron chi connectivity index (χ4n) is 1.99.